The highest BCUT2D eigenvalue weighted by atomic mass is 32.2. The Morgan fingerprint density at radius 1 is 1.17 bits per heavy atom. The number of rotatable bonds is 8. The molecular formula is C21H21N3O5S. The van der Waals surface area contributed by atoms with Crippen molar-refractivity contribution < 1.29 is 23.9 Å². The highest BCUT2D eigenvalue weighted by Crippen LogP contribution is 2.35. The third-order valence-electron chi connectivity index (χ3n) is 4.96. The molecule has 2 aliphatic rings. The van der Waals surface area contributed by atoms with Gasteiger partial charge in [-0.05, 0) is 25.0 Å². The van der Waals surface area contributed by atoms with E-state index in [2.05, 4.69) is 5.32 Å². The van der Waals surface area contributed by atoms with Crippen LogP contribution in [0.5, 0.6) is 0 Å². The number of ether oxygens (including phenoxy) is 1. The predicted octanol–water partition coefficient (Wildman–Crippen LogP) is 2.13. The lowest BCUT2D eigenvalue weighted by molar-refractivity contribution is -0.148. The van der Waals surface area contributed by atoms with Gasteiger partial charge in [0.1, 0.15) is 0 Å². The van der Waals surface area contributed by atoms with E-state index in [0.717, 1.165) is 9.80 Å². The summed E-state index contributed by atoms with van der Waals surface area (Å²) >= 11 is 1.29. The van der Waals surface area contributed by atoms with Gasteiger partial charge < -0.3 is 10.1 Å². The van der Waals surface area contributed by atoms with Crippen LogP contribution in [-0.2, 0) is 23.9 Å². The van der Waals surface area contributed by atoms with Crippen molar-refractivity contribution in [2.24, 2.45) is 11.8 Å². The second kappa shape index (κ2) is 10.1. The molecule has 3 amide bonds. The van der Waals surface area contributed by atoms with Gasteiger partial charge in [0.25, 0.3) is 5.91 Å². The summed E-state index contributed by atoms with van der Waals surface area (Å²) in [6.07, 6.45) is 4.74. The Kier molecular flexibility index (Phi) is 7.25. The maximum atomic E-state index is 12.4. The van der Waals surface area contributed by atoms with Crippen molar-refractivity contribution in [1.29, 1.82) is 5.26 Å². The number of imide groups is 1. The number of carbonyl (C=O) groups is 4. The van der Waals surface area contributed by atoms with E-state index < -0.39 is 18.5 Å². The van der Waals surface area contributed by atoms with Crippen LogP contribution in [0.15, 0.2) is 41.3 Å². The van der Waals surface area contributed by atoms with E-state index in [0.29, 0.717) is 18.5 Å². The van der Waals surface area contributed by atoms with Crippen molar-refractivity contribution in [3.8, 4) is 6.07 Å². The Balaban J connectivity index is 1.44. The number of hydrogen-bond acceptors (Lipinski definition) is 7. The Morgan fingerprint density at radius 2 is 1.83 bits per heavy atom. The van der Waals surface area contributed by atoms with E-state index in [1.807, 2.05) is 18.2 Å². The fourth-order valence-corrected chi connectivity index (χ4v) is 4.17. The van der Waals surface area contributed by atoms with Crippen molar-refractivity contribution in [2.45, 2.75) is 24.2 Å². The molecule has 30 heavy (non-hydrogen) atoms. The standard InChI is InChI=1S/C21H21N3O5S/c22-10-12-30-17-8-4-3-7-16(17)23-18(25)13-29-19(26)9-11-24-20(27)14-5-1-2-6-15(14)21(24)28/h1-4,7-8,14-15H,5-6,9,11-13H2,(H,23,25)/t14-,15-/m0/s1. The molecular weight excluding hydrogens is 406 g/mol. The molecule has 0 aromatic heterocycles. The molecule has 9 heteroatoms. The summed E-state index contributed by atoms with van der Waals surface area (Å²) in [6, 6.07) is 9.03. The molecule has 0 unspecified atom stereocenters. The van der Waals surface area contributed by atoms with Crippen LogP contribution < -0.4 is 5.32 Å². The van der Waals surface area contributed by atoms with Gasteiger partial charge in [0.05, 0.1) is 35.8 Å². The zero-order chi connectivity index (χ0) is 21.5. The van der Waals surface area contributed by atoms with Gasteiger partial charge in [-0.1, -0.05) is 24.3 Å². The highest BCUT2D eigenvalue weighted by Gasteiger charge is 2.46. The lowest BCUT2D eigenvalue weighted by atomic mass is 9.85. The Bertz CT molecular complexity index is 897. The number of para-hydroxylation sites is 1. The predicted molar refractivity (Wildman–Crippen MR) is 109 cm³/mol. The molecule has 0 radical (unpaired) electrons. The number of thioether (sulfide) groups is 1. The number of nitriles is 1. The van der Waals surface area contributed by atoms with Crippen LogP contribution >= 0.6 is 11.8 Å². The van der Waals surface area contributed by atoms with E-state index in [1.165, 1.54) is 11.8 Å². The van der Waals surface area contributed by atoms with Gasteiger partial charge in [0.2, 0.25) is 11.8 Å². The van der Waals surface area contributed by atoms with Crippen molar-refractivity contribution in [1.82, 2.24) is 4.90 Å². The molecule has 8 nitrogen and oxygen atoms in total. The summed E-state index contributed by atoms with van der Waals surface area (Å²) in [4.78, 5) is 50.7. The molecule has 1 aromatic carbocycles. The minimum absolute atomic E-state index is 0.0429. The fraction of sp³-hybridized carbons (Fsp3) is 0.381. The van der Waals surface area contributed by atoms with Crippen LogP contribution in [0.3, 0.4) is 0 Å². The van der Waals surface area contributed by atoms with Gasteiger partial charge in [-0.15, -0.1) is 11.8 Å². The van der Waals surface area contributed by atoms with Gasteiger partial charge in [-0.3, -0.25) is 24.1 Å². The summed E-state index contributed by atoms with van der Waals surface area (Å²) in [6.45, 7) is -0.522. The Morgan fingerprint density at radius 3 is 2.50 bits per heavy atom. The van der Waals surface area contributed by atoms with Crippen LogP contribution in [0.1, 0.15) is 19.3 Å². The molecule has 2 atom stereocenters. The molecule has 1 aromatic rings. The number of esters is 1. The fourth-order valence-electron chi connectivity index (χ4n) is 3.50. The Hall–Kier alpha value is -3.12. The zero-order valence-electron chi connectivity index (χ0n) is 16.2. The van der Waals surface area contributed by atoms with Gasteiger partial charge in [0, 0.05) is 11.4 Å². The molecule has 1 fully saturated rings. The van der Waals surface area contributed by atoms with Crippen molar-refractivity contribution in [2.75, 3.05) is 24.2 Å². The monoisotopic (exact) mass is 427 g/mol. The van der Waals surface area contributed by atoms with E-state index >= 15 is 0 Å². The van der Waals surface area contributed by atoms with Crippen LogP contribution in [0.2, 0.25) is 0 Å². The SMILES string of the molecule is N#CCSc1ccccc1NC(=O)COC(=O)CCN1C(=O)[C@H]2CC=CC[C@@H]2C1=O. The molecule has 0 spiro atoms. The second-order valence-corrected chi connectivity index (χ2v) is 7.90. The number of amides is 3. The molecule has 1 N–H and O–H groups in total. The van der Waals surface area contributed by atoms with E-state index in [9.17, 15) is 19.2 Å². The molecule has 1 aliphatic heterocycles. The molecule has 0 bridgehead atoms. The number of carbonyl (C=O) groups excluding carboxylic acids is 4. The first kappa shape index (κ1) is 21.6. The quantitative estimate of drug-likeness (QED) is 0.292. The zero-order valence-corrected chi connectivity index (χ0v) is 17.0. The second-order valence-electron chi connectivity index (χ2n) is 6.89. The Labute approximate surface area is 178 Å². The molecule has 1 heterocycles. The summed E-state index contributed by atoms with van der Waals surface area (Å²) < 4.78 is 4.97. The van der Waals surface area contributed by atoms with E-state index in [1.54, 1.807) is 24.3 Å². The maximum Gasteiger partial charge on any atom is 0.308 e. The topological polar surface area (TPSA) is 117 Å². The smallest absolute Gasteiger partial charge is 0.308 e. The number of fused-ring (bicyclic) bond motifs is 1. The first-order valence-corrected chi connectivity index (χ1v) is 10.5. The molecule has 1 saturated heterocycles. The van der Waals surface area contributed by atoms with Gasteiger partial charge >= 0.3 is 5.97 Å². The van der Waals surface area contributed by atoms with Crippen LogP contribution in [-0.4, -0.2) is 47.5 Å². The maximum absolute atomic E-state index is 12.4. The van der Waals surface area contributed by atoms with Crippen LogP contribution in [0.25, 0.3) is 0 Å². The van der Waals surface area contributed by atoms with Crippen molar-refractivity contribution in [3.05, 3.63) is 36.4 Å². The van der Waals surface area contributed by atoms with Crippen LogP contribution in [0.4, 0.5) is 5.69 Å². The summed E-state index contributed by atoms with van der Waals surface area (Å²) in [5.74, 6) is -2.08. The highest BCUT2D eigenvalue weighted by molar-refractivity contribution is 7.99. The summed E-state index contributed by atoms with van der Waals surface area (Å²) in [5.41, 5.74) is 0.531. The molecule has 0 saturated carbocycles. The minimum atomic E-state index is -0.661. The normalized spacial score (nSPS) is 19.9. The van der Waals surface area contributed by atoms with E-state index in [-0.39, 0.29) is 42.4 Å². The van der Waals surface area contributed by atoms with Crippen molar-refractivity contribution in [3.63, 3.8) is 0 Å². The molecule has 156 valence electrons. The molecule has 3 rings (SSSR count). The molecule has 1 aliphatic carbocycles. The van der Waals surface area contributed by atoms with Gasteiger partial charge in [-0.2, -0.15) is 5.26 Å². The van der Waals surface area contributed by atoms with Crippen molar-refractivity contribution >= 4 is 41.1 Å². The number of anilines is 1. The number of benzene rings is 1. The lowest BCUT2D eigenvalue weighted by Gasteiger charge is -2.14. The third kappa shape index (κ3) is 5.07. The lowest BCUT2D eigenvalue weighted by Crippen LogP contribution is -2.33. The first-order valence-electron chi connectivity index (χ1n) is 9.55. The number of allylic oxidation sites excluding steroid dienone is 2. The van der Waals surface area contributed by atoms with Gasteiger partial charge in [-0.25, -0.2) is 0 Å². The van der Waals surface area contributed by atoms with E-state index in [4.69, 9.17) is 10.00 Å². The number of likely N-dealkylation sites (tertiary alicyclic amines) is 1. The number of nitrogens with zero attached hydrogens (tertiary/aromatic N) is 2. The first-order chi connectivity index (χ1) is 14.5. The summed E-state index contributed by atoms with van der Waals surface area (Å²) in [5, 5.41) is 11.4. The average molecular weight is 427 g/mol. The van der Waals surface area contributed by atoms with Gasteiger partial charge in [0.15, 0.2) is 6.61 Å². The summed E-state index contributed by atoms with van der Waals surface area (Å²) in [7, 11) is 0. The number of nitrogens with one attached hydrogen (secondary N) is 1. The minimum Gasteiger partial charge on any atom is -0.456 e. The number of hydrogen-bond donors (Lipinski definition) is 1. The average Bonchev–Trinajstić information content (AvgIpc) is 3.00. The largest absolute Gasteiger partial charge is 0.456 e. The van der Waals surface area contributed by atoms with Crippen LogP contribution in [0, 0.1) is 23.2 Å². The third-order valence-corrected chi connectivity index (χ3v) is 5.90.